The third kappa shape index (κ3) is 2.43. The highest BCUT2D eigenvalue weighted by Crippen LogP contribution is 2.28. The number of rotatable bonds is 3. The summed E-state index contributed by atoms with van der Waals surface area (Å²) in [6, 6.07) is 8.15. The predicted molar refractivity (Wildman–Crippen MR) is 93.0 cm³/mol. The van der Waals surface area contributed by atoms with E-state index in [1.165, 1.54) is 0 Å². The zero-order chi connectivity index (χ0) is 16.7. The summed E-state index contributed by atoms with van der Waals surface area (Å²) in [5.41, 5.74) is 2.89. The first-order valence-corrected chi connectivity index (χ1v) is 8.36. The summed E-state index contributed by atoms with van der Waals surface area (Å²) >= 11 is 0. The number of fused-ring (bicyclic) bond motifs is 2. The van der Waals surface area contributed by atoms with E-state index in [0.29, 0.717) is 19.0 Å². The summed E-state index contributed by atoms with van der Waals surface area (Å²) in [6.45, 7) is 5.40. The molecule has 1 aromatic carbocycles. The van der Waals surface area contributed by atoms with Crippen molar-refractivity contribution < 1.29 is 9.53 Å². The van der Waals surface area contributed by atoms with Crippen molar-refractivity contribution in [1.82, 2.24) is 14.8 Å². The number of nitrogens with zero attached hydrogens (tertiary/aromatic N) is 3. The molecule has 0 spiro atoms. The van der Waals surface area contributed by atoms with Gasteiger partial charge in [0.2, 0.25) is 0 Å². The molecule has 1 aliphatic rings. The number of aryl methyl sites for hydroxylation is 2. The van der Waals surface area contributed by atoms with Crippen molar-refractivity contribution in [2.24, 2.45) is 0 Å². The monoisotopic (exact) mass is 324 g/mol. The lowest BCUT2D eigenvalue weighted by Gasteiger charge is -2.08. The minimum absolute atomic E-state index is 0.125. The van der Waals surface area contributed by atoms with E-state index in [4.69, 9.17) is 9.72 Å². The molecular formula is C18H20N4O2. The molecule has 2 aromatic heterocycles. The Morgan fingerprint density at radius 3 is 3.08 bits per heavy atom. The van der Waals surface area contributed by atoms with Gasteiger partial charge in [-0.15, -0.1) is 0 Å². The highest BCUT2D eigenvalue weighted by molar-refractivity contribution is 6.04. The molecule has 0 radical (unpaired) electrons. The molecule has 24 heavy (non-hydrogen) atoms. The molecule has 3 heterocycles. The molecule has 1 fully saturated rings. The van der Waals surface area contributed by atoms with Gasteiger partial charge in [0.05, 0.1) is 10.9 Å². The average molecular weight is 324 g/mol. The summed E-state index contributed by atoms with van der Waals surface area (Å²) < 4.78 is 7.28. The highest BCUT2D eigenvalue weighted by atomic mass is 16.5. The normalized spacial score (nSPS) is 17.7. The molecule has 1 amide bonds. The second-order valence-corrected chi connectivity index (χ2v) is 6.16. The summed E-state index contributed by atoms with van der Waals surface area (Å²) in [5.74, 6) is 0.433. The lowest BCUT2D eigenvalue weighted by molar-refractivity contribution is -0.124. The van der Waals surface area contributed by atoms with E-state index in [1.807, 2.05) is 36.7 Å². The first-order chi connectivity index (χ1) is 11.7. The van der Waals surface area contributed by atoms with Crippen LogP contribution in [0, 0.1) is 6.92 Å². The fourth-order valence-corrected chi connectivity index (χ4v) is 3.22. The van der Waals surface area contributed by atoms with E-state index in [2.05, 4.69) is 16.5 Å². The van der Waals surface area contributed by atoms with Gasteiger partial charge in [0.25, 0.3) is 5.91 Å². The van der Waals surface area contributed by atoms with Crippen LogP contribution in [0.1, 0.15) is 25.3 Å². The fourth-order valence-electron chi connectivity index (χ4n) is 3.22. The van der Waals surface area contributed by atoms with Crippen LogP contribution in [-0.2, 0) is 16.1 Å². The molecule has 0 unspecified atom stereocenters. The number of hydrogen-bond donors (Lipinski definition) is 1. The maximum atomic E-state index is 12.4. The van der Waals surface area contributed by atoms with Gasteiger partial charge in [-0.25, -0.2) is 9.67 Å². The molecule has 3 aromatic rings. The van der Waals surface area contributed by atoms with Gasteiger partial charge in [-0.05, 0) is 38.3 Å². The number of para-hydroxylation sites is 1. The first kappa shape index (κ1) is 15.1. The number of anilines is 1. The lowest BCUT2D eigenvalue weighted by atomic mass is 10.1. The minimum atomic E-state index is -0.373. The Labute approximate surface area is 139 Å². The molecule has 0 bridgehead atoms. The van der Waals surface area contributed by atoms with Crippen molar-refractivity contribution in [3.63, 3.8) is 0 Å². The zero-order valence-electron chi connectivity index (χ0n) is 13.9. The van der Waals surface area contributed by atoms with Gasteiger partial charge in [-0.2, -0.15) is 5.10 Å². The molecule has 1 saturated heterocycles. The Balaban J connectivity index is 1.81. The van der Waals surface area contributed by atoms with Crippen LogP contribution in [0.15, 0.2) is 24.3 Å². The van der Waals surface area contributed by atoms with Crippen LogP contribution in [0.4, 0.5) is 5.82 Å². The van der Waals surface area contributed by atoms with Gasteiger partial charge < -0.3 is 10.1 Å². The van der Waals surface area contributed by atoms with E-state index in [-0.39, 0.29) is 12.0 Å². The Hall–Kier alpha value is -2.47. The van der Waals surface area contributed by atoms with Crippen LogP contribution >= 0.6 is 0 Å². The van der Waals surface area contributed by atoms with Gasteiger partial charge >= 0.3 is 0 Å². The van der Waals surface area contributed by atoms with Crippen LogP contribution in [0.25, 0.3) is 21.9 Å². The van der Waals surface area contributed by atoms with Crippen molar-refractivity contribution in [2.75, 3.05) is 11.9 Å². The van der Waals surface area contributed by atoms with Crippen LogP contribution in [-0.4, -0.2) is 33.4 Å². The Morgan fingerprint density at radius 1 is 1.46 bits per heavy atom. The second kappa shape index (κ2) is 5.87. The van der Waals surface area contributed by atoms with Crippen molar-refractivity contribution in [3.05, 3.63) is 29.8 Å². The summed E-state index contributed by atoms with van der Waals surface area (Å²) in [5, 5.41) is 9.37. The summed E-state index contributed by atoms with van der Waals surface area (Å²) in [4.78, 5) is 17.2. The topological polar surface area (TPSA) is 69.0 Å². The maximum absolute atomic E-state index is 12.4. The molecule has 4 rings (SSSR count). The third-order valence-electron chi connectivity index (χ3n) is 4.51. The molecule has 124 valence electrons. The molecular weight excluding hydrogens is 304 g/mol. The third-order valence-corrected chi connectivity index (χ3v) is 4.51. The number of carbonyl (C=O) groups excluding carboxylic acids is 1. The van der Waals surface area contributed by atoms with Crippen molar-refractivity contribution >= 4 is 33.7 Å². The van der Waals surface area contributed by atoms with Crippen LogP contribution in [0.2, 0.25) is 0 Å². The van der Waals surface area contributed by atoms with Gasteiger partial charge in [0.15, 0.2) is 11.5 Å². The lowest BCUT2D eigenvalue weighted by Crippen LogP contribution is -2.27. The molecule has 0 aliphatic carbocycles. The first-order valence-electron chi connectivity index (χ1n) is 8.36. The maximum Gasteiger partial charge on any atom is 0.254 e. The number of pyridine rings is 1. The molecule has 6 heteroatoms. The van der Waals surface area contributed by atoms with E-state index in [1.54, 1.807) is 0 Å². The molecule has 1 atom stereocenters. The fraction of sp³-hybridized carbons (Fsp3) is 0.389. The largest absolute Gasteiger partial charge is 0.368 e. The number of ether oxygens (including phenoxy) is 1. The van der Waals surface area contributed by atoms with Gasteiger partial charge in [0.1, 0.15) is 6.10 Å². The van der Waals surface area contributed by atoms with E-state index in [9.17, 15) is 4.79 Å². The molecule has 6 nitrogen and oxygen atoms in total. The Kier molecular flexibility index (Phi) is 3.69. The van der Waals surface area contributed by atoms with Crippen LogP contribution in [0.5, 0.6) is 0 Å². The van der Waals surface area contributed by atoms with Gasteiger partial charge in [0, 0.05) is 18.5 Å². The predicted octanol–water partition coefficient (Wildman–Crippen LogP) is 3.03. The number of nitrogens with one attached hydrogen (secondary N) is 1. The molecule has 0 saturated carbocycles. The Bertz CT molecular complexity index is 926. The number of carbonyl (C=O) groups is 1. The molecule has 1 aliphatic heterocycles. The van der Waals surface area contributed by atoms with E-state index < -0.39 is 0 Å². The number of aromatic nitrogens is 3. The SMILES string of the molecule is CCn1nc(NC(=O)[C@H]2CCCO2)c2cc3cccc(C)c3nc21. The smallest absolute Gasteiger partial charge is 0.254 e. The van der Waals surface area contributed by atoms with Crippen molar-refractivity contribution in [2.45, 2.75) is 39.3 Å². The zero-order valence-corrected chi connectivity index (χ0v) is 13.9. The standard InChI is InChI=1S/C18H20N4O2/c1-3-22-17-13(10-12-7-4-6-11(2)15(12)19-17)16(21-22)20-18(23)14-8-5-9-24-14/h4,6-7,10,14H,3,5,8-9H2,1-2H3,(H,20,21,23)/t14-/m1/s1. The number of hydrogen-bond acceptors (Lipinski definition) is 4. The highest BCUT2D eigenvalue weighted by Gasteiger charge is 2.25. The quantitative estimate of drug-likeness (QED) is 0.804. The number of amides is 1. The number of benzene rings is 1. The average Bonchev–Trinajstić information content (AvgIpc) is 3.22. The molecule has 1 N–H and O–H groups in total. The van der Waals surface area contributed by atoms with Crippen molar-refractivity contribution in [3.8, 4) is 0 Å². The van der Waals surface area contributed by atoms with E-state index >= 15 is 0 Å². The summed E-state index contributed by atoms with van der Waals surface area (Å²) in [7, 11) is 0. The van der Waals surface area contributed by atoms with Gasteiger partial charge in [-0.1, -0.05) is 18.2 Å². The minimum Gasteiger partial charge on any atom is -0.368 e. The van der Waals surface area contributed by atoms with Crippen molar-refractivity contribution in [1.29, 1.82) is 0 Å². The van der Waals surface area contributed by atoms with Crippen LogP contribution in [0.3, 0.4) is 0 Å². The van der Waals surface area contributed by atoms with E-state index in [0.717, 1.165) is 40.3 Å². The van der Waals surface area contributed by atoms with Gasteiger partial charge in [-0.3, -0.25) is 4.79 Å². The second-order valence-electron chi connectivity index (χ2n) is 6.16. The van der Waals surface area contributed by atoms with Crippen LogP contribution < -0.4 is 5.32 Å². The Morgan fingerprint density at radius 2 is 2.33 bits per heavy atom. The summed E-state index contributed by atoms with van der Waals surface area (Å²) in [6.07, 6.45) is 1.31.